The molecule has 1 aromatic heterocycles. The van der Waals surface area contributed by atoms with Crippen molar-refractivity contribution in [2.75, 3.05) is 0 Å². The number of aromatic nitrogens is 2. The molecule has 0 saturated heterocycles. The van der Waals surface area contributed by atoms with Crippen molar-refractivity contribution in [3.8, 4) is 22.4 Å². The van der Waals surface area contributed by atoms with E-state index in [4.69, 9.17) is 0 Å². The molecule has 0 amide bonds. The number of aromatic amines is 1. The van der Waals surface area contributed by atoms with Crippen molar-refractivity contribution in [1.29, 1.82) is 0 Å². The normalized spacial score (nSPS) is 10.6. The number of aryl methyl sites for hydroxylation is 1. The second-order valence-electron chi connectivity index (χ2n) is 4.85. The van der Waals surface area contributed by atoms with Gasteiger partial charge in [0.2, 0.25) is 0 Å². The minimum absolute atomic E-state index is 0.148. The summed E-state index contributed by atoms with van der Waals surface area (Å²) in [6.07, 6.45) is 0. The van der Waals surface area contributed by atoms with Crippen LogP contribution in [-0.2, 0) is 0 Å². The molecule has 21 heavy (non-hydrogen) atoms. The lowest BCUT2D eigenvalue weighted by atomic mass is 10.0. The van der Waals surface area contributed by atoms with Crippen LogP contribution in [0.25, 0.3) is 22.4 Å². The summed E-state index contributed by atoms with van der Waals surface area (Å²) < 4.78 is 1.07. The number of nitrogens with zero attached hydrogens (tertiary/aromatic N) is 1. The molecule has 104 valence electrons. The number of benzene rings is 2. The molecule has 1 N–H and O–H groups in total. The quantitative estimate of drug-likeness (QED) is 0.760. The molecular weight excluding hydrogens is 328 g/mol. The van der Waals surface area contributed by atoms with Gasteiger partial charge in [-0.2, -0.15) is 5.10 Å². The van der Waals surface area contributed by atoms with Gasteiger partial charge in [-0.25, -0.2) is 5.10 Å². The fraction of sp³-hybridized carbons (Fsp3) is 0.0588. The molecule has 0 aliphatic heterocycles. The first kappa shape index (κ1) is 13.8. The average Bonchev–Trinajstić information content (AvgIpc) is 2.51. The minimum atomic E-state index is -0.148. The van der Waals surface area contributed by atoms with Crippen molar-refractivity contribution in [3.05, 3.63) is 75.0 Å². The Balaban J connectivity index is 1.95. The molecule has 4 heteroatoms. The Morgan fingerprint density at radius 1 is 0.905 bits per heavy atom. The van der Waals surface area contributed by atoms with Crippen LogP contribution in [0.1, 0.15) is 5.56 Å². The van der Waals surface area contributed by atoms with Crippen molar-refractivity contribution in [3.63, 3.8) is 0 Å². The maximum atomic E-state index is 11.3. The van der Waals surface area contributed by atoms with E-state index in [-0.39, 0.29) is 5.56 Å². The van der Waals surface area contributed by atoms with Crippen LogP contribution in [0.5, 0.6) is 0 Å². The summed E-state index contributed by atoms with van der Waals surface area (Å²) in [7, 11) is 0. The van der Waals surface area contributed by atoms with Crippen LogP contribution in [0.15, 0.2) is 63.9 Å². The van der Waals surface area contributed by atoms with E-state index in [1.165, 1.54) is 0 Å². The Morgan fingerprint density at radius 3 is 2.00 bits per heavy atom. The highest BCUT2D eigenvalue weighted by molar-refractivity contribution is 9.10. The van der Waals surface area contributed by atoms with Crippen molar-refractivity contribution in [1.82, 2.24) is 10.2 Å². The first-order valence-corrected chi connectivity index (χ1v) is 7.35. The van der Waals surface area contributed by atoms with Crippen molar-refractivity contribution < 1.29 is 0 Å². The van der Waals surface area contributed by atoms with E-state index in [1.54, 1.807) is 13.0 Å². The molecule has 0 fully saturated rings. The lowest BCUT2D eigenvalue weighted by Gasteiger charge is -2.05. The van der Waals surface area contributed by atoms with E-state index >= 15 is 0 Å². The monoisotopic (exact) mass is 340 g/mol. The largest absolute Gasteiger partial charge is 0.268 e. The van der Waals surface area contributed by atoms with Crippen LogP contribution in [0.4, 0.5) is 0 Å². The van der Waals surface area contributed by atoms with Gasteiger partial charge in [-0.1, -0.05) is 52.3 Å². The Hall–Kier alpha value is -2.20. The molecule has 3 rings (SSSR count). The summed E-state index contributed by atoms with van der Waals surface area (Å²) in [6.45, 7) is 1.78. The number of nitrogens with one attached hydrogen (secondary N) is 1. The molecule has 0 saturated carbocycles. The predicted octanol–water partition coefficient (Wildman–Crippen LogP) is 4.17. The first-order valence-electron chi connectivity index (χ1n) is 6.56. The smallest absolute Gasteiger partial charge is 0.267 e. The Kier molecular flexibility index (Phi) is 3.71. The number of hydrogen-bond acceptors (Lipinski definition) is 2. The standard InChI is InChI=1S/C17H13BrN2O/c1-11-10-16(19-20-17(11)21)14-4-2-12(3-5-14)13-6-8-15(18)9-7-13/h2-10H,1H3,(H,20,21). The van der Waals surface area contributed by atoms with Gasteiger partial charge in [0.15, 0.2) is 0 Å². The second kappa shape index (κ2) is 5.66. The maximum Gasteiger partial charge on any atom is 0.267 e. The number of rotatable bonds is 2. The molecule has 0 bridgehead atoms. The molecule has 0 spiro atoms. The molecule has 2 aromatic carbocycles. The summed E-state index contributed by atoms with van der Waals surface area (Å²) in [6, 6.07) is 18.1. The molecule has 1 heterocycles. The molecular formula is C17H13BrN2O. The fourth-order valence-electron chi connectivity index (χ4n) is 2.13. The number of hydrogen-bond donors (Lipinski definition) is 1. The van der Waals surface area contributed by atoms with Gasteiger partial charge < -0.3 is 0 Å². The summed E-state index contributed by atoms with van der Waals surface area (Å²) >= 11 is 3.44. The van der Waals surface area contributed by atoms with E-state index in [0.29, 0.717) is 5.56 Å². The minimum Gasteiger partial charge on any atom is -0.268 e. The molecule has 0 radical (unpaired) electrons. The highest BCUT2D eigenvalue weighted by Gasteiger charge is 2.03. The first-order chi connectivity index (χ1) is 10.1. The molecule has 3 nitrogen and oxygen atoms in total. The van der Waals surface area contributed by atoms with Crippen LogP contribution in [0, 0.1) is 6.92 Å². The zero-order valence-corrected chi connectivity index (χ0v) is 13.0. The second-order valence-corrected chi connectivity index (χ2v) is 5.77. The van der Waals surface area contributed by atoms with Crippen molar-refractivity contribution in [2.45, 2.75) is 6.92 Å². The Morgan fingerprint density at radius 2 is 1.43 bits per heavy atom. The zero-order chi connectivity index (χ0) is 14.8. The van der Waals surface area contributed by atoms with Crippen LogP contribution >= 0.6 is 15.9 Å². The van der Waals surface area contributed by atoms with E-state index < -0.39 is 0 Å². The van der Waals surface area contributed by atoms with Gasteiger partial charge in [-0.3, -0.25) is 4.79 Å². The lowest BCUT2D eigenvalue weighted by molar-refractivity contribution is 0.976. The van der Waals surface area contributed by atoms with Crippen LogP contribution < -0.4 is 5.56 Å². The van der Waals surface area contributed by atoms with Gasteiger partial charge in [0.05, 0.1) is 5.69 Å². The van der Waals surface area contributed by atoms with Crippen molar-refractivity contribution >= 4 is 15.9 Å². The lowest BCUT2D eigenvalue weighted by Crippen LogP contribution is -2.11. The summed E-state index contributed by atoms with van der Waals surface area (Å²) in [5, 5.41) is 6.59. The third-order valence-corrected chi connectivity index (χ3v) is 3.88. The topological polar surface area (TPSA) is 45.8 Å². The van der Waals surface area contributed by atoms with Gasteiger partial charge >= 0.3 is 0 Å². The van der Waals surface area contributed by atoms with Crippen LogP contribution in [0.3, 0.4) is 0 Å². The highest BCUT2D eigenvalue weighted by Crippen LogP contribution is 2.24. The molecule has 0 unspecified atom stereocenters. The molecule has 0 aliphatic carbocycles. The molecule has 0 aliphatic rings. The van der Waals surface area contributed by atoms with Crippen LogP contribution in [-0.4, -0.2) is 10.2 Å². The summed E-state index contributed by atoms with van der Waals surface area (Å²) in [5.74, 6) is 0. The summed E-state index contributed by atoms with van der Waals surface area (Å²) in [4.78, 5) is 11.3. The van der Waals surface area contributed by atoms with Gasteiger partial charge in [0, 0.05) is 15.6 Å². The van der Waals surface area contributed by atoms with Gasteiger partial charge in [0.25, 0.3) is 5.56 Å². The van der Waals surface area contributed by atoms with Crippen molar-refractivity contribution in [2.24, 2.45) is 0 Å². The fourth-order valence-corrected chi connectivity index (χ4v) is 2.39. The van der Waals surface area contributed by atoms with Gasteiger partial charge in [0.1, 0.15) is 0 Å². The average molecular weight is 341 g/mol. The number of H-pyrrole nitrogens is 1. The summed E-state index contributed by atoms with van der Waals surface area (Å²) in [5.41, 5.74) is 4.58. The maximum absolute atomic E-state index is 11.3. The van der Waals surface area contributed by atoms with Gasteiger partial charge in [-0.05, 0) is 36.2 Å². The third kappa shape index (κ3) is 2.95. The third-order valence-electron chi connectivity index (χ3n) is 3.35. The SMILES string of the molecule is Cc1cc(-c2ccc(-c3ccc(Br)cc3)cc2)n[nH]c1=O. The molecule has 3 aromatic rings. The van der Waals surface area contributed by atoms with E-state index in [1.807, 2.05) is 24.3 Å². The predicted molar refractivity (Wildman–Crippen MR) is 88.2 cm³/mol. The zero-order valence-electron chi connectivity index (χ0n) is 11.4. The van der Waals surface area contributed by atoms with E-state index in [9.17, 15) is 4.79 Å². The molecule has 0 atom stereocenters. The number of halogens is 1. The highest BCUT2D eigenvalue weighted by atomic mass is 79.9. The Labute approximate surface area is 130 Å². The Bertz CT molecular complexity index is 821. The van der Waals surface area contributed by atoms with E-state index in [0.717, 1.165) is 26.9 Å². The van der Waals surface area contributed by atoms with E-state index in [2.05, 4.69) is 50.4 Å². The van der Waals surface area contributed by atoms with Gasteiger partial charge in [-0.15, -0.1) is 0 Å². The van der Waals surface area contributed by atoms with Crippen LogP contribution in [0.2, 0.25) is 0 Å².